The number of methoxy groups -OCH3 is 1. The third kappa shape index (κ3) is 3.16. The maximum atomic E-state index is 12.3. The molecule has 0 aromatic heterocycles. The van der Waals surface area contributed by atoms with Gasteiger partial charge in [-0.2, -0.15) is 13.2 Å². The third-order valence-electron chi connectivity index (χ3n) is 3.23. The zero-order valence-corrected chi connectivity index (χ0v) is 10.2. The topological polar surface area (TPSA) is 21.3 Å². The molecule has 18 heavy (non-hydrogen) atoms. The summed E-state index contributed by atoms with van der Waals surface area (Å²) in [6.07, 6.45) is -3.93. The van der Waals surface area contributed by atoms with Crippen molar-refractivity contribution in [2.24, 2.45) is 0 Å². The van der Waals surface area contributed by atoms with Crippen LogP contribution in [0.4, 0.5) is 13.2 Å². The van der Waals surface area contributed by atoms with Crippen LogP contribution in [0.2, 0.25) is 0 Å². The Kier molecular flexibility index (Phi) is 3.80. The zero-order valence-electron chi connectivity index (χ0n) is 10.2. The van der Waals surface area contributed by atoms with Crippen molar-refractivity contribution < 1.29 is 17.9 Å². The van der Waals surface area contributed by atoms with E-state index in [0.717, 1.165) is 23.3 Å². The summed E-state index contributed by atoms with van der Waals surface area (Å²) in [5.41, 5.74) is 2.05. The van der Waals surface area contributed by atoms with Crippen molar-refractivity contribution in [2.75, 3.05) is 13.7 Å². The quantitative estimate of drug-likeness (QED) is 0.899. The van der Waals surface area contributed by atoms with Crippen molar-refractivity contribution in [3.8, 4) is 5.75 Å². The molecule has 0 fully saturated rings. The van der Waals surface area contributed by atoms with Gasteiger partial charge in [0.25, 0.3) is 0 Å². The summed E-state index contributed by atoms with van der Waals surface area (Å²) < 4.78 is 41.9. The highest BCUT2D eigenvalue weighted by Crippen LogP contribution is 2.32. The van der Waals surface area contributed by atoms with Gasteiger partial charge < -0.3 is 10.1 Å². The fourth-order valence-corrected chi connectivity index (χ4v) is 2.32. The van der Waals surface area contributed by atoms with Gasteiger partial charge in [-0.1, -0.05) is 6.07 Å². The Morgan fingerprint density at radius 2 is 2.17 bits per heavy atom. The van der Waals surface area contributed by atoms with Crippen molar-refractivity contribution in [1.29, 1.82) is 0 Å². The van der Waals surface area contributed by atoms with Crippen LogP contribution in [0.1, 0.15) is 30.0 Å². The van der Waals surface area contributed by atoms with Crippen LogP contribution in [-0.2, 0) is 6.42 Å². The molecule has 2 rings (SSSR count). The Hall–Kier alpha value is -1.23. The lowest BCUT2D eigenvalue weighted by Gasteiger charge is -2.27. The summed E-state index contributed by atoms with van der Waals surface area (Å²) in [5, 5.41) is 3.14. The van der Waals surface area contributed by atoms with Gasteiger partial charge in [0, 0.05) is 12.5 Å². The molecule has 0 amide bonds. The first-order valence-electron chi connectivity index (χ1n) is 5.96. The highest BCUT2D eigenvalue weighted by molar-refractivity contribution is 5.39. The van der Waals surface area contributed by atoms with Crippen LogP contribution in [0.15, 0.2) is 18.2 Å². The Morgan fingerprint density at radius 1 is 1.39 bits per heavy atom. The number of halogens is 3. The summed E-state index contributed by atoms with van der Waals surface area (Å²) in [7, 11) is 1.59. The van der Waals surface area contributed by atoms with Crippen LogP contribution in [-0.4, -0.2) is 19.8 Å². The van der Waals surface area contributed by atoms with Gasteiger partial charge in [-0.3, -0.25) is 0 Å². The van der Waals surface area contributed by atoms with Crippen LogP contribution in [0.25, 0.3) is 0 Å². The fourth-order valence-electron chi connectivity index (χ4n) is 2.32. The largest absolute Gasteiger partial charge is 0.497 e. The molecule has 0 radical (unpaired) electrons. The molecule has 100 valence electrons. The van der Waals surface area contributed by atoms with Crippen LogP contribution in [0, 0.1) is 0 Å². The van der Waals surface area contributed by atoms with E-state index in [4.69, 9.17) is 4.74 Å². The molecule has 1 unspecified atom stereocenters. The average Bonchev–Trinajstić information content (AvgIpc) is 2.34. The number of benzene rings is 1. The maximum absolute atomic E-state index is 12.3. The first-order valence-corrected chi connectivity index (χ1v) is 5.96. The molecule has 0 saturated heterocycles. The van der Waals surface area contributed by atoms with E-state index >= 15 is 0 Å². The number of ether oxygens (including phenoxy) is 1. The molecule has 0 bridgehead atoms. The summed E-state index contributed by atoms with van der Waals surface area (Å²) in [6.45, 7) is 0.711. The van der Waals surface area contributed by atoms with Crippen molar-refractivity contribution in [1.82, 2.24) is 5.32 Å². The molecule has 1 heterocycles. The predicted molar refractivity (Wildman–Crippen MR) is 62.7 cm³/mol. The Morgan fingerprint density at radius 3 is 2.83 bits per heavy atom. The number of fused-ring (bicyclic) bond motifs is 1. The van der Waals surface area contributed by atoms with Gasteiger partial charge in [0.15, 0.2) is 0 Å². The second-order valence-electron chi connectivity index (χ2n) is 4.48. The SMILES string of the molecule is COc1ccc2c(c1)CCNC2CCC(F)(F)F. The van der Waals surface area contributed by atoms with Crippen molar-refractivity contribution in [3.05, 3.63) is 29.3 Å². The minimum atomic E-state index is -4.09. The lowest BCUT2D eigenvalue weighted by Crippen LogP contribution is -2.30. The van der Waals surface area contributed by atoms with Crippen LogP contribution in [0.3, 0.4) is 0 Å². The highest BCUT2D eigenvalue weighted by atomic mass is 19.4. The molecule has 0 spiro atoms. The fraction of sp³-hybridized carbons (Fsp3) is 0.538. The van der Waals surface area contributed by atoms with Crippen LogP contribution in [0.5, 0.6) is 5.75 Å². The summed E-state index contributed by atoms with van der Waals surface area (Å²) in [6, 6.07) is 5.37. The molecule has 0 saturated carbocycles. The monoisotopic (exact) mass is 259 g/mol. The average molecular weight is 259 g/mol. The van der Waals surface area contributed by atoms with Gasteiger partial charge >= 0.3 is 6.18 Å². The first kappa shape index (κ1) is 13.2. The Balaban J connectivity index is 2.13. The summed E-state index contributed by atoms with van der Waals surface area (Å²) >= 11 is 0. The normalized spacial score (nSPS) is 19.4. The van der Waals surface area contributed by atoms with E-state index in [9.17, 15) is 13.2 Å². The smallest absolute Gasteiger partial charge is 0.389 e. The van der Waals surface area contributed by atoms with Crippen LogP contribution >= 0.6 is 0 Å². The number of hydrogen-bond acceptors (Lipinski definition) is 2. The van der Waals surface area contributed by atoms with E-state index in [2.05, 4.69) is 5.32 Å². The number of hydrogen-bond donors (Lipinski definition) is 1. The van der Waals surface area contributed by atoms with Gasteiger partial charge in [-0.25, -0.2) is 0 Å². The van der Waals surface area contributed by atoms with Crippen LogP contribution < -0.4 is 10.1 Å². The summed E-state index contributed by atoms with van der Waals surface area (Å²) in [4.78, 5) is 0. The highest BCUT2D eigenvalue weighted by Gasteiger charge is 2.30. The third-order valence-corrected chi connectivity index (χ3v) is 3.23. The molecule has 5 heteroatoms. The molecule has 0 aliphatic carbocycles. The molecular weight excluding hydrogens is 243 g/mol. The van der Waals surface area contributed by atoms with E-state index in [-0.39, 0.29) is 12.5 Å². The van der Waals surface area contributed by atoms with Crippen molar-refractivity contribution >= 4 is 0 Å². The van der Waals surface area contributed by atoms with Gasteiger partial charge in [-0.15, -0.1) is 0 Å². The molecule has 1 atom stereocenters. The van der Waals surface area contributed by atoms with Gasteiger partial charge in [0.2, 0.25) is 0 Å². The van der Waals surface area contributed by atoms with Gasteiger partial charge in [0.05, 0.1) is 7.11 Å². The zero-order chi connectivity index (χ0) is 13.2. The number of alkyl halides is 3. The van der Waals surface area contributed by atoms with E-state index in [1.165, 1.54) is 0 Å². The van der Waals surface area contributed by atoms with E-state index in [1.807, 2.05) is 12.1 Å². The lowest BCUT2D eigenvalue weighted by molar-refractivity contribution is -0.136. The predicted octanol–water partition coefficient (Wildman–Crippen LogP) is 3.22. The maximum Gasteiger partial charge on any atom is 0.389 e. The van der Waals surface area contributed by atoms with E-state index < -0.39 is 12.6 Å². The molecule has 1 N–H and O–H groups in total. The Bertz CT molecular complexity index is 417. The van der Waals surface area contributed by atoms with E-state index in [1.54, 1.807) is 13.2 Å². The molecular formula is C13H16F3NO. The van der Waals surface area contributed by atoms with Gasteiger partial charge in [0.1, 0.15) is 5.75 Å². The van der Waals surface area contributed by atoms with Crippen molar-refractivity contribution in [2.45, 2.75) is 31.5 Å². The molecule has 2 nitrogen and oxygen atoms in total. The molecule has 1 aliphatic heterocycles. The first-order chi connectivity index (χ1) is 8.49. The second kappa shape index (κ2) is 5.18. The minimum Gasteiger partial charge on any atom is -0.497 e. The second-order valence-corrected chi connectivity index (χ2v) is 4.48. The molecule has 1 aromatic rings. The number of rotatable bonds is 3. The van der Waals surface area contributed by atoms with E-state index in [0.29, 0.717) is 6.54 Å². The standard InChI is InChI=1S/C13H16F3NO/c1-18-10-2-3-11-9(8-10)5-7-17-12(11)4-6-13(14,15)16/h2-3,8,12,17H,4-7H2,1H3. The molecule has 1 aromatic carbocycles. The summed E-state index contributed by atoms with van der Waals surface area (Å²) in [5.74, 6) is 0.755. The minimum absolute atomic E-state index is 0.0861. The van der Waals surface area contributed by atoms with Crippen molar-refractivity contribution in [3.63, 3.8) is 0 Å². The number of nitrogens with one attached hydrogen (secondary N) is 1. The lowest BCUT2D eigenvalue weighted by atomic mass is 9.91. The molecule has 1 aliphatic rings. The Labute approximate surface area is 104 Å². The van der Waals surface area contributed by atoms with Gasteiger partial charge in [-0.05, 0) is 42.6 Å².